The van der Waals surface area contributed by atoms with Crippen molar-refractivity contribution in [1.29, 1.82) is 0 Å². The zero-order valence-corrected chi connectivity index (χ0v) is 16.8. The Kier molecular flexibility index (Phi) is 5.65. The molecule has 3 fully saturated rings. The summed E-state index contributed by atoms with van der Waals surface area (Å²) < 4.78 is 0. The first-order valence-electron chi connectivity index (χ1n) is 9.99. The highest BCUT2D eigenvalue weighted by Crippen LogP contribution is 2.32. The number of amides is 4. The first-order valence-corrected chi connectivity index (χ1v) is 10.9. The van der Waals surface area contributed by atoms with Gasteiger partial charge in [-0.2, -0.15) is 5.01 Å². The summed E-state index contributed by atoms with van der Waals surface area (Å²) in [6.45, 7) is 4.53. The highest BCUT2D eigenvalue weighted by molar-refractivity contribution is 7.09. The maximum atomic E-state index is 12.7. The molecule has 28 heavy (non-hydrogen) atoms. The Hall–Kier alpha value is -1.97. The van der Waals surface area contributed by atoms with Crippen LogP contribution in [-0.4, -0.2) is 70.9 Å². The normalized spacial score (nSPS) is 23.2. The Morgan fingerprint density at radius 3 is 2.50 bits per heavy atom. The molecule has 1 aromatic rings. The monoisotopic (exact) mass is 405 g/mol. The van der Waals surface area contributed by atoms with Crippen LogP contribution in [0.4, 0.5) is 4.79 Å². The Morgan fingerprint density at radius 1 is 1.11 bits per heavy atom. The molecule has 2 saturated heterocycles. The van der Waals surface area contributed by atoms with Crippen LogP contribution in [0.25, 0.3) is 0 Å². The molecule has 152 valence electrons. The van der Waals surface area contributed by atoms with E-state index in [1.54, 1.807) is 11.3 Å². The van der Waals surface area contributed by atoms with Crippen molar-refractivity contribution in [3.05, 3.63) is 22.4 Å². The fourth-order valence-corrected chi connectivity index (χ4v) is 5.05. The molecule has 1 aliphatic carbocycles. The maximum Gasteiger partial charge on any atom is 0.344 e. The number of imide groups is 1. The molecule has 0 unspecified atom stereocenters. The van der Waals surface area contributed by atoms with Crippen LogP contribution in [0, 0.1) is 0 Å². The van der Waals surface area contributed by atoms with E-state index in [4.69, 9.17) is 0 Å². The van der Waals surface area contributed by atoms with Gasteiger partial charge in [-0.3, -0.25) is 24.8 Å². The highest BCUT2D eigenvalue weighted by atomic mass is 32.1. The Balaban J connectivity index is 1.25. The first kappa shape index (κ1) is 19.4. The van der Waals surface area contributed by atoms with E-state index in [-0.39, 0.29) is 18.4 Å². The summed E-state index contributed by atoms with van der Waals surface area (Å²) in [5, 5.41) is 5.78. The SMILES string of the molecule is O=C(CN1CCN(Cc2cccs2)CC1)NN1C(=O)NC2(CCCCC2)C1=O. The molecular formula is C19H27N5O3S. The molecule has 3 aliphatic rings. The zero-order valence-electron chi connectivity index (χ0n) is 16.0. The second-order valence-electron chi connectivity index (χ2n) is 7.88. The molecule has 1 spiro atoms. The van der Waals surface area contributed by atoms with E-state index in [0.717, 1.165) is 57.0 Å². The summed E-state index contributed by atoms with van der Waals surface area (Å²) in [4.78, 5) is 43.2. The quantitative estimate of drug-likeness (QED) is 0.718. The average molecular weight is 406 g/mol. The van der Waals surface area contributed by atoms with Gasteiger partial charge in [0.15, 0.2) is 0 Å². The summed E-state index contributed by atoms with van der Waals surface area (Å²) in [5.41, 5.74) is 1.71. The molecule has 4 amide bonds. The third-order valence-corrected chi connectivity index (χ3v) is 6.76. The zero-order chi connectivity index (χ0) is 19.6. The summed E-state index contributed by atoms with van der Waals surface area (Å²) in [7, 11) is 0. The molecule has 0 radical (unpaired) electrons. The van der Waals surface area contributed by atoms with Gasteiger partial charge < -0.3 is 5.32 Å². The van der Waals surface area contributed by atoms with Crippen LogP contribution in [0.15, 0.2) is 17.5 Å². The standard InChI is InChI=1S/C19H27N5O3S/c25-16(14-23-10-8-22(9-11-23)13-15-5-4-12-28-15)21-24-17(26)19(20-18(24)27)6-2-1-3-7-19/h4-5,12H,1-3,6-11,13-14H2,(H,20,27)(H,21,25). The Bertz CT molecular complexity index is 724. The molecule has 1 saturated carbocycles. The molecule has 0 atom stereocenters. The van der Waals surface area contributed by atoms with Gasteiger partial charge in [-0.1, -0.05) is 25.3 Å². The summed E-state index contributed by atoms with van der Waals surface area (Å²) in [6, 6.07) is 3.69. The van der Waals surface area contributed by atoms with Gasteiger partial charge in [0.2, 0.25) is 0 Å². The summed E-state index contributed by atoms with van der Waals surface area (Å²) in [5.74, 6) is -0.630. The number of nitrogens with zero attached hydrogens (tertiary/aromatic N) is 3. The van der Waals surface area contributed by atoms with Crippen LogP contribution in [0.5, 0.6) is 0 Å². The van der Waals surface area contributed by atoms with Crippen molar-refractivity contribution in [2.45, 2.75) is 44.2 Å². The third-order valence-electron chi connectivity index (χ3n) is 5.90. The first-order chi connectivity index (χ1) is 13.6. The molecular weight excluding hydrogens is 378 g/mol. The van der Waals surface area contributed by atoms with Gasteiger partial charge in [0.05, 0.1) is 6.54 Å². The van der Waals surface area contributed by atoms with Crippen LogP contribution in [0.3, 0.4) is 0 Å². The van der Waals surface area contributed by atoms with Crippen molar-refractivity contribution in [2.24, 2.45) is 0 Å². The number of nitrogens with one attached hydrogen (secondary N) is 2. The van der Waals surface area contributed by atoms with Gasteiger partial charge in [-0.25, -0.2) is 4.79 Å². The van der Waals surface area contributed by atoms with E-state index < -0.39 is 11.6 Å². The van der Waals surface area contributed by atoms with Crippen LogP contribution < -0.4 is 10.7 Å². The second kappa shape index (κ2) is 8.18. The third kappa shape index (κ3) is 4.06. The lowest BCUT2D eigenvalue weighted by Crippen LogP contribution is -2.54. The van der Waals surface area contributed by atoms with Gasteiger partial charge in [-0.15, -0.1) is 11.3 Å². The van der Waals surface area contributed by atoms with Crippen LogP contribution in [0.1, 0.15) is 37.0 Å². The minimum Gasteiger partial charge on any atom is -0.322 e. The number of hydrazine groups is 1. The number of hydrogen-bond donors (Lipinski definition) is 2. The number of hydrogen-bond acceptors (Lipinski definition) is 6. The second-order valence-corrected chi connectivity index (χ2v) is 8.91. The molecule has 3 heterocycles. The van der Waals surface area contributed by atoms with Crippen molar-refractivity contribution in [3.63, 3.8) is 0 Å². The minimum absolute atomic E-state index is 0.191. The maximum absolute atomic E-state index is 12.7. The topological polar surface area (TPSA) is 85.0 Å². The van der Waals surface area contributed by atoms with Crippen molar-refractivity contribution < 1.29 is 14.4 Å². The summed E-state index contributed by atoms with van der Waals surface area (Å²) in [6.07, 6.45) is 4.22. The van der Waals surface area contributed by atoms with E-state index in [1.165, 1.54) is 4.88 Å². The van der Waals surface area contributed by atoms with Gasteiger partial charge in [0.1, 0.15) is 5.54 Å². The van der Waals surface area contributed by atoms with Crippen LogP contribution >= 0.6 is 11.3 Å². The number of urea groups is 1. The lowest BCUT2D eigenvalue weighted by atomic mass is 9.82. The van der Waals surface area contributed by atoms with Crippen molar-refractivity contribution in [3.8, 4) is 0 Å². The van der Waals surface area contributed by atoms with Gasteiger partial charge in [0, 0.05) is 37.6 Å². The highest BCUT2D eigenvalue weighted by Gasteiger charge is 2.52. The number of rotatable bonds is 5. The predicted molar refractivity (Wildman–Crippen MR) is 105 cm³/mol. The van der Waals surface area contributed by atoms with E-state index in [1.807, 2.05) is 0 Å². The van der Waals surface area contributed by atoms with Crippen LogP contribution in [0.2, 0.25) is 0 Å². The predicted octanol–water partition coefficient (Wildman–Crippen LogP) is 1.15. The largest absolute Gasteiger partial charge is 0.344 e. The lowest BCUT2D eigenvalue weighted by Gasteiger charge is -2.34. The lowest BCUT2D eigenvalue weighted by molar-refractivity contribution is -0.140. The molecule has 2 aliphatic heterocycles. The van der Waals surface area contributed by atoms with Crippen molar-refractivity contribution in [2.75, 3.05) is 32.7 Å². The molecule has 0 aromatic carbocycles. The molecule has 1 aromatic heterocycles. The summed E-state index contributed by atoms with van der Waals surface area (Å²) >= 11 is 1.76. The number of piperazine rings is 1. The molecule has 0 bridgehead atoms. The van der Waals surface area contributed by atoms with Crippen molar-refractivity contribution >= 4 is 29.2 Å². The van der Waals surface area contributed by atoms with E-state index in [9.17, 15) is 14.4 Å². The fourth-order valence-electron chi connectivity index (χ4n) is 4.31. The minimum atomic E-state index is -0.809. The smallest absolute Gasteiger partial charge is 0.322 e. The Morgan fingerprint density at radius 2 is 1.82 bits per heavy atom. The van der Waals surface area contributed by atoms with E-state index >= 15 is 0 Å². The van der Waals surface area contributed by atoms with E-state index in [0.29, 0.717) is 12.8 Å². The Labute approximate surface area is 168 Å². The van der Waals surface area contributed by atoms with Gasteiger partial charge >= 0.3 is 6.03 Å². The number of thiophene rings is 1. The van der Waals surface area contributed by atoms with Gasteiger partial charge in [-0.05, 0) is 24.3 Å². The molecule has 4 rings (SSSR count). The molecule has 2 N–H and O–H groups in total. The van der Waals surface area contributed by atoms with Crippen LogP contribution in [-0.2, 0) is 16.1 Å². The fraction of sp³-hybridized carbons (Fsp3) is 0.632. The average Bonchev–Trinajstić information content (AvgIpc) is 3.27. The van der Waals surface area contributed by atoms with Crippen molar-refractivity contribution in [1.82, 2.24) is 25.6 Å². The molecule has 9 heteroatoms. The van der Waals surface area contributed by atoms with Gasteiger partial charge in [0.25, 0.3) is 11.8 Å². The van der Waals surface area contributed by atoms with E-state index in [2.05, 4.69) is 38.1 Å². The molecule has 8 nitrogen and oxygen atoms in total. The number of carbonyl (C=O) groups is 3. The number of carbonyl (C=O) groups excluding carboxylic acids is 3.